The van der Waals surface area contributed by atoms with E-state index < -0.39 is 0 Å². The molecular formula is C29H32N8O. The van der Waals surface area contributed by atoms with E-state index in [1.54, 1.807) is 0 Å². The number of aromatic nitrogens is 6. The van der Waals surface area contributed by atoms with Gasteiger partial charge in [0, 0.05) is 49.5 Å². The van der Waals surface area contributed by atoms with Crippen molar-refractivity contribution < 1.29 is 4.52 Å². The van der Waals surface area contributed by atoms with Crippen molar-refractivity contribution in [2.45, 2.75) is 32.9 Å². The molecule has 0 spiro atoms. The lowest BCUT2D eigenvalue weighted by Gasteiger charge is -2.15. The van der Waals surface area contributed by atoms with Crippen LogP contribution in [0, 0.1) is 6.92 Å². The summed E-state index contributed by atoms with van der Waals surface area (Å²) < 4.78 is 9.64. The van der Waals surface area contributed by atoms with E-state index in [1.165, 1.54) is 31.5 Å². The normalized spacial score (nSPS) is 13.8. The van der Waals surface area contributed by atoms with Crippen molar-refractivity contribution in [2.24, 2.45) is 0 Å². The Morgan fingerprint density at radius 2 is 1.74 bits per heavy atom. The van der Waals surface area contributed by atoms with E-state index in [-0.39, 0.29) is 0 Å². The second kappa shape index (κ2) is 11.0. The Balaban J connectivity index is 1.07. The summed E-state index contributed by atoms with van der Waals surface area (Å²) in [5.41, 5.74) is 4.88. The molecule has 1 aliphatic heterocycles. The highest BCUT2D eigenvalue weighted by atomic mass is 16.5. The van der Waals surface area contributed by atoms with E-state index in [2.05, 4.69) is 60.5 Å². The standard InChI is InChI=1S/C29H32N8O/c1-22-18-26(29-32-28(34-38-29)25-9-6-23(7-10-25)20-36-15-4-5-16-36)33-37(22)21-24-8-11-27(31-19-24)30-12-17-35-13-2-3-14-35/h4-11,15-16,18-19H,2-3,12-14,17,20-21H2,1H3,(H,30,31). The van der Waals surface area contributed by atoms with Crippen LogP contribution in [-0.4, -0.2) is 60.6 Å². The van der Waals surface area contributed by atoms with E-state index in [0.717, 1.165) is 42.3 Å². The van der Waals surface area contributed by atoms with Gasteiger partial charge in [0.15, 0.2) is 5.69 Å². The molecular weight excluding hydrogens is 476 g/mol. The third-order valence-corrected chi connectivity index (χ3v) is 6.96. The average molecular weight is 509 g/mol. The summed E-state index contributed by atoms with van der Waals surface area (Å²) in [4.78, 5) is 11.7. The highest BCUT2D eigenvalue weighted by Gasteiger charge is 2.16. The van der Waals surface area contributed by atoms with Crippen molar-refractivity contribution in [3.63, 3.8) is 0 Å². The molecule has 1 aromatic carbocycles. The van der Waals surface area contributed by atoms with Crippen LogP contribution >= 0.6 is 0 Å². The molecule has 1 N–H and O–H groups in total. The number of rotatable bonds is 10. The van der Waals surface area contributed by atoms with Crippen molar-refractivity contribution >= 4 is 5.82 Å². The first-order valence-corrected chi connectivity index (χ1v) is 13.2. The van der Waals surface area contributed by atoms with Crippen LogP contribution in [0.5, 0.6) is 0 Å². The van der Waals surface area contributed by atoms with Gasteiger partial charge in [-0.2, -0.15) is 10.1 Å². The van der Waals surface area contributed by atoms with Crippen LogP contribution in [0.15, 0.2) is 77.7 Å². The number of anilines is 1. The van der Waals surface area contributed by atoms with Gasteiger partial charge in [0.2, 0.25) is 5.82 Å². The maximum absolute atomic E-state index is 5.56. The van der Waals surface area contributed by atoms with Gasteiger partial charge >= 0.3 is 0 Å². The van der Waals surface area contributed by atoms with E-state index in [4.69, 9.17) is 9.62 Å². The van der Waals surface area contributed by atoms with Gasteiger partial charge in [-0.25, -0.2) is 4.98 Å². The fraction of sp³-hybridized carbons (Fsp3) is 0.310. The molecule has 0 aliphatic carbocycles. The van der Waals surface area contributed by atoms with Crippen LogP contribution in [0.4, 0.5) is 5.82 Å². The fourth-order valence-electron chi connectivity index (χ4n) is 4.81. The molecule has 9 nitrogen and oxygen atoms in total. The minimum absolute atomic E-state index is 0.411. The van der Waals surface area contributed by atoms with Gasteiger partial charge in [-0.05, 0) is 68.2 Å². The van der Waals surface area contributed by atoms with E-state index in [1.807, 2.05) is 54.2 Å². The number of pyridine rings is 1. The van der Waals surface area contributed by atoms with Gasteiger partial charge < -0.3 is 19.3 Å². The molecule has 0 unspecified atom stereocenters. The van der Waals surface area contributed by atoms with E-state index in [0.29, 0.717) is 24.0 Å². The predicted molar refractivity (Wildman–Crippen MR) is 147 cm³/mol. The topological polar surface area (TPSA) is 89.8 Å². The Bertz CT molecular complexity index is 1450. The molecule has 194 valence electrons. The van der Waals surface area contributed by atoms with Crippen molar-refractivity contribution in [1.29, 1.82) is 0 Å². The van der Waals surface area contributed by atoms with Crippen molar-refractivity contribution in [1.82, 2.24) is 34.4 Å². The van der Waals surface area contributed by atoms with E-state index in [9.17, 15) is 0 Å². The number of nitrogens with zero attached hydrogens (tertiary/aromatic N) is 7. The zero-order valence-corrected chi connectivity index (χ0v) is 21.6. The van der Waals surface area contributed by atoms with Crippen LogP contribution in [0.2, 0.25) is 0 Å². The number of hydrogen-bond acceptors (Lipinski definition) is 7. The highest BCUT2D eigenvalue weighted by molar-refractivity contribution is 5.58. The third kappa shape index (κ3) is 5.68. The lowest BCUT2D eigenvalue weighted by Crippen LogP contribution is -2.26. The number of hydrogen-bond donors (Lipinski definition) is 1. The second-order valence-corrected chi connectivity index (χ2v) is 9.83. The first kappa shape index (κ1) is 24.1. The zero-order valence-electron chi connectivity index (χ0n) is 21.6. The molecule has 38 heavy (non-hydrogen) atoms. The Morgan fingerprint density at radius 3 is 2.50 bits per heavy atom. The molecule has 9 heteroatoms. The van der Waals surface area contributed by atoms with Gasteiger partial charge in [-0.1, -0.05) is 35.5 Å². The van der Waals surface area contributed by atoms with Crippen molar-refractivity contribution in [3.05, 3.63) is 90.0 Å². The molecule has 0 amide bonds. The fourth-order valence-corrected chi connectivity index (χ4v) is 4.81. The Morgan fingerprint density at radius 1 is 0.947 bits per heavy atom. The lowest BCUT2D eigenvalue weighted by atomic mass is 10.1. The summed E-state index contributed by atoms with van der Waals surface area (Å²) in [6, 6.07) is 18.4. The van der Waals surface area contributed by atoms with Crippen molar-refractivity contribution in [3.8, 4) is 23.0 Å². The van der Waals surface area contributed by atoms with Crippen LogP contribution in [0.3, 0.4) is 0 Å². The largest absolute Gasteiger partial charge is 0.369 e. The molecule has 5 aromatic rings. The highest BCUT2D eigenvalue weighted by Crippen LogP contribution is 2.23. The summed E-state index contributed by atoms with van der Waals surface area (Å²) in [6.07, 6.45) is 8.65. The number of benzene rings is 1. The molecule has 1 fully saturated rings. The predicted octanol–water partition coefficient (Wildman–Crippen LogP) is 4.71. The van der Waals surface area contributed by atoms with Crippen LogP contribution in [0.1, 0.15) is 29.7 Å². The van der Waals surface area contributed by atoms with Gasteiger partial charge in [0.1, 0.15) is 5.82 Å². The summed E-state index contributed by atoms with van der Waals surface area (Å²) in [5.74, 6) is 1.87. The maximum Gasteiger partial charge on any atom is 0.278 e. The van der Waals surface area contributed by atoms with Crippen molar-refractivity contribution in [2.75, 3.05) is 31.5 Å². The number of likely N-dealkylation sites (tertiary alicyclic amines) is 1. The van der Waals surface area contributed by atoms with Gasteiger partial charge in [-0.15, -0.1) is 0 Å². The van der Waals surface area contributed by atoms with Gasteiger partial charge in [0.25, 0.3) is 5.89 Å². The minimum Gasteiger partial charge on any atom is -0.369 e. The first-order valence-electron chi connectivity index (χ1n) is 13.2. The molecule has 0 radical (unpaired) electrons. The summed E-state index contributed by atoms with van der Waals surface area (Å²) >= 11 is 0. The summed E-state index contributed by atoms with van der Waals surface area (Å²) in [7, 11) is 0. The Kier molecular flexibility index (Phi) is 6.99. The molecule has 1 aliphatic rings. The third-order valence-electron chi connectivity index (χ3n) is 6.96. The van der Waals surface area contributed by atoms with Crippen LogP contribution in [0.25, 0.3) is 23.0 Å². The minimum atomic E-state index is 0.411. The monoisotopic (exact) mass is 508 g/mol. The lowest BCUT2D eigenvalue weighted by molar-refractivity contribution is 0.352. The number of nitrogens with one attached hydrogen (secondary N) is 1. The maximum atomic E-state index is 5.56. The Labute approximate surface area is 222 Å². The van der Waals surface area contributed by atoms with Crippen LogP contribution in [-0.2, 0) is 13.1 Å². The molecule has 0 atom stereocenters. The average Bonchev–Trinajstić information content (AvgIpc) is 3.75. The summed E-state index contributed by atoms with van der Waals surface area (Å²) in [6.45, 7) is 7.89. The van der Waals surface area contributed by atoms with Crippen LogP contribution < -0.4 is 5.32 Å². The smallest absolute Gasteiger partial charge is 0.278 e. The molecule has 5 heterocycles. The number of aryl methyl sites for hydroxylation is 1. The SMILES string of the molecule is Cc1cc(-c2nc(-c3ccc(Cn4cccc4)cc3)no2)nn1Cc1ccc(NCCN2CCCC2)nc1. The van der Waals surface area contributed by atoms with Gasteiger partial charge in [0.05, 0.1) is 6.54 Å². The van der Waals surface area contributed by atoms with E-state index >= 15 is 0 Å². The molecule has 4 aromatic heterocycles. The molecule has 6 rings (SSSR count). The summed E-state index contributed by atoms with van der Waals surface area (Å²) in [5, 5.41) is 12.3. The zero-order chi connectivity index (χ0) is 25.7. The molecule has 1 saturated heterocycles. The van der Waals surface area contributed by atoms with Gasteiger partial charge in [-0.3, -0.25) is 4.68 Å². The molecule has 0 bridgehead atoms. The quantitative estimate of drug-likeness (QED) is 0.292. The first-order chi connectivity index (χ1) is 18.7. The Hall–Kier alpha value is -4.24. The molecule has 0 saturated carbocycles. The second-order valence-electron chi connectivity index (χ2n) is 9.83.